The highest BCUT2D eigenvalue weighted by atomic mass is 14.7. The molecule has 62 valence electrons. The first-order chi connectivity index (χ1) is 5.72. The first-order valence-corrected chi connectivity index (χ1v) is 3.54. The molecule has 0 bridgehead atoms. The van der Waals surface area contributed by atoms with Crippen molar-refractivity contribution < 1.29 is 0 Å². The first-order valence-electron chi connectivity index (χ1n) is 3.54. The highest BCUT2D eigenvalue weighted by molar-refractivity contribution is 5.72. The van der Waals surface area contributed by atoms with Crippen molar-refractivity contribution in [3.63, 3.8) is 0 Å². The second-order valence-corrected chi connectivity index (χ2v) is 2.08. The molecular formula is C11H13N. The number of hydrogen-bond donors (Lipinski definition) is 0. The van der Waals surface area contributed by atoms with E-state index >= 15 is 0 Å². The van der Waals surface area contributed by atoms with E-state index in [1.54, 1.807) is 30.5 Å². The number of allylic oxidation sites excluding steroid dienone is 4. The monoisotopic (exact) mass is 159 g/mol. The third-order valence-electron chi connectivity index (χ3n) is 1.14. The summed E-state index contributed by atoms with van der Waals surface area (Å²) in [6.07, 6.45) is 8.44. The minimum Gasteiger partial charge on any atom is -0.257 e. The summed E-state index contributed by atoms with van der Waals surface area (Å²) >= 11 is 0. The average molecular weight is 159 g/mol. The van der Waals surface area contributed by atoms with Gasteiger partial charge >= 0.3 is 0 Å². The molecule has 0 saturated heterocycles. The second kappa shape index (κ2) is 6.10. The molecule has 0 aromatic rings. The van der Waals surface area contributed by atoms with Crippen LogP contribution in [0.4, 0.5) is 0 Å². The Morgan fingerprint density at radius 3 is 2.25 bits per heavy atom. The van der Waals surface area contributed by atoms with Crippen molar-refractivity contribution in [2.24, 2.45) is 4.99 Å². The molecule has 0 aromatic heterocycles. The zero-order valence-corrected chi connectivity index (χ0v) is 7.16. The fourth-order valence-electron chi connectivity index (χ4n) is 0.506. The van der Waals surface area contributed by atoms with Gasteiger partial charge in [-0.05, 0) is 5.57 Å². The van der Waals surface area contributed by atoms with Crippen molar-refractivity contribution in [2.75, 3.05) is 0 Å². The maximum Gasteiger partial charge on any atom is 0.0624 e. The minimum atomic E-state index is 0.632. The van der Waals surface area contributed by atoms with Crippen LogP contribution in [-0.4, -0.2) is 6.21 Å². The van der Waals surface area contributed by atoms with Gasteiger partial charge in [-0.3, -0.25) is 4.99 Å². The van der Waals surface area contributed by atoms with E-state index in [0.29, 0.717) is 5.70 Å². The predicted molar refractivity (Wildman–Crippen MR) is 56.3 cm³/mol. The molecule has 0 radical (unpaired) electrons. The third kappa shape index (κ3) is 4.23. The second-order valence-electron chi connectivity index (χ2n) is 2.08. The number of aliphatic imine (C=N–C) groups is 1. The maximum atomic E-state index is 3.97. The van der Waals surface area contributed by atoms with E-state index in [1.807, 2.05) is 0 Å². The highest BCUT2D eigenvalue weighted by Crippen LogP contribution is 2.07. The zero-order valence-electron chi connectivity index (χ0n) is 7.16. The van der Waals surface area contributed by atoms with E-state index in [-0.39, 0.29) is 0 Å². The van der Waals surface area contributed by atoms with Crippen LogP contribution in [0.5, 0.6) is 0 Å². The first kappa shape index (κ1) is 10.4. The molecule has 0 aliphatic heterocycles. The van der Waals surface area contributed by atoms with Crippen molar-refractivity contribution in [3.05, 3.63) is 61.9 Å². The molecule has 0 N–H and O–H groups in total. The molecule has 12 heavy (non-hydrogen) atoms. The molecule has 0 amide bonds. The lowest BCUT2D eigenvalue weighted by Crippen LogP contribution is -1.78. The van der Waals surface area contributed by atoms with Crippen LogP contribution in [0.15, 0.2) is 66.9 Å². The minimum absolute atomic E-state index is 0.632. The van der Waals surface area contributed by atoms with E-state index in [0.717, 1.165) is 5.57 Å². The van der Waals surface area contributed by atoms with Crippen molar-refractivity contribution in [2.45, 2.75) is 0 Å². The molecule has 0 heterocycles. The Bertz CT molecular complexity index is 226. The summed E-state index contributed by atoms with van der Waals surface area (Å²) in [5.74, 6) is 0. The van der Waals surface area contributed by atoms with Crippen molar-refractivity contribution >= 4 is 6.21 Å². The number of nitrogens with zero attached hydrogens (tertiary/aromatic N) is 1. The van der Waals surface area contributed by atoms with Crippen LogP contribution in [0.1, 0.15) is 0 Å². The lowest BCUT2D eigenvalue weighted by atomic mass is 10.2. The molecule has 0 saturated carbocycles. The standard InChI is InChI=1S/C11H13N/c1-5-7-8-10(3)11(4)12-9-6-2/h5-9H,1-4H2. The van der Waals surface area contributed by atoms with Gasteiger partial charge in [0.05, 0.1) is 5.70 Å². The Hall–Kier alpha value is -1.63. The van der Waals surface area contributed by atoms with Crippen LogP contribution < -0.4 is 0 Å². The average Bonchev–Trinajstić information content (AvgIpc) is 2.10. The fourth-order valence-corrected chi connectivity index (χ4v) is 0.506. The molecule has 0 aromatic carbocycles. The molecule has 0 spiro atoms. The van der Waals surface area contributed by atoms with E-state index in [2.05, 4.69) is 31.3 Å². The maximum absolute atomic E-state index is 3.97. The summed E-state index contributed by atoms with van der Waals surface area (Å²) in [5.41, 5.74) is 1.40. The Balaban J connectivity index is 4.20. The van der Waals surface area contributed by atoms with Gasteiger partial charge in [0.2, 0.25) is 0 Å². The molecule has 0 aliphatic rings. The summed E-state index contributed by atoms with van der Waals surface area (Å²) in [7, 11) is 0. The summed E-state index contributed by atoms with van der Waals surface area (Å²) in [4.78, 5) is 3.97. The van der Waals surface area contributed by atoms with Gasteiger partial charge in [-0.25, -0.2) is 0 Å². The van der Waals surface area contributed by atoms with Crippen LogP contribution >= 0.6 is 0 Å². The van der Waals surface area contributed by atoms with Gasteiger partial charge < -0.3 is 0 Å². The quantitative estimate of drug-likeness (QED) is 0.432. The van der Waals surface area contributed by atoms with Crippen LogP contribution in [0, 0.1) is 0 Å². The lowest BCUT2D eigenvalue weighted by Gasteiger charge is -1.95. The van der Waals surface area contributed by atoms with Gasteiger partial charge in [-0.1, -0.05) is 50.6 Å². The van der Waals surface area contributed by atoms with Crippen LogP contribution in [0.3, 0.4) is 0 Å². The lowest BCUT2D eigenvalue weighted by molar-refractivity contribution is 1.39. The molecule has 0 atom stereocenters. The summed E-state index contributed by atoms with van der Waals surface area (Å²) in [5, 5.41) is 0. The number of hydrogen-bond acceptors (Lipinski definition) is 1. The van der Waals surface area contributed by atoms with E-state index in [9.17, 15) is 0 Å². The fraction of sp³-hybridized carbons (Fsp3) is 0. The van der Waals surface area contributed by atoms with Crippen LogP contribution in [0.2, 0.25) is 0 Å². The molecule has 0 aliphatic carbocycles. The van der Waals surface area contributed by atoms with Gasteiger partial charge in [-0.15, -0.1) is 0 Å². The Kier molecular flexibility index (Phi) is 5.28. The normalized spacial score (nSPS) is 10.3. The van der Waals surface area contributed by atoms with E-state index < -0.39 is 0 Å². The molecule has 1 heteroatoms. The Morgan fingerprint density at radius 1 is 1.08 bits per heavy atom. The van der Waals surface area contributed by atoms with Crippen LogP contribution in [-0.2, 0) is 0 Å². The van der Waals surface area contributed by atoms with Gasteiger partial charge in [0.1, 0.15) is 0 Å². The van der Waals surface area contributed by atoms with Gasteiger partial charge in [0.25, 0.3) is 0 Å². The van der Waals surface area contributed by atoms with E-state index in [1.165, 1.54) is 0 Å². The van der Waals surface area contributed by atoms with Gasteiger partial charge in [0, 0.05) is 6.21 Å². The van der Waals surface area contributed by atoms with Crippen molar-refractivity contribution in [3.8, 4) is 0 Å². The predicted octanol–water partition coefficient (Wildman–Crippen LogP) is 3.06. The summed E-state index contributed by atoms with van der Waals surface area (Å²) in [6, 6.07) is 0. The molecular weight excluding hydrogens is 146 g/mol. The van der Waals surface area contributed by atoms with Gasteiger partial charge in [-0.2, -0.15) is 0 Å². The smallest absolute Gasteiger partial charge is 0.0624 e. The SMILES string of the molecule is C=CC=CC(=C)C(=C)N=CC=C. The zero-order chi connectivity index (χ0) is 9.40. The van der Waals surface area contributed by atoms with Gasteiger partial charge in [0.15, 0.2) is 0 Å². The largest absolute Gasteiger partial charge is 0.257 e. The topological polar surface area (TPSA) is 12.4 Å². The van der Waals surface area contributed by atoms with Crippen molar-refractivity contribution in [1.82, 2.24) is 0 Å². The summed E-state index contributed by atoms with van der Waals surface area (Å²) < 4.78 is 0. The molecule has 1 nitrogen and oxygen atoms in total. The summed E-state index contributed by atoms with van der Waals surface area (Å²) in [6.45, 7) is 14.5. The Morgan fingerprint density at radius 2 is 1.75 bits per heavy atom. The highest BCUT2D eigenvalue weighted by Gasteiger charge is 1.89. The third-order valence-corrected chi connectivity index (χ3v) is 1.14. The molecule has 0 rings (SSSR count). The van der Waals surface area contributed by atoms with Crippen molar-refractivity contribution in [1.29, 1.82) is 0 Å². The van der Waals surface area contributed by atoms with E-state index in [4.69, 9.17) is 0 Å². The van der Waals surface area contributed by atoms with Crippen LogP contribution in [0.25, 0.3) is 0 Å². The Labute approximate surface area is 73.8 Å². The molecule has 0 fully saturated rings. The number of rotatable bonds is 5. The molecule has 0 unspecified atom stereocenters.